The van der Waals surface area contributed by atoms with Gasteiger partial charge in [0.25, 0.3) is 0 Å². The summed E-state index contributed by atoms with van der Waals surface area (Å²) in [5.74, 6) is 4.88. The zero-order valence-corrected chi connectivity index (χ0v) is 9.58. The Morgan fingerprint density at radius 3 is 2.73 bits per heavy atom. The third kappa shape index (κ3) is 10.9. The highest BCUT2D eigenvalue weighted by molar-refractivity contribution is 5.69. The Morgan fingerprint density at radius 2 is 2.13 bits per heavy atom. The van der Waals surface area contributed by atoms with Crippen molar-refractivity contribution in [2.24, 2.45) is 0 Å². The van der Waals surface area contributed by atoms with Crippen LogP contribution in [0.1, 0.15) is 46.0 Å². The minimum Gasteiger partial charge on any atom is -0.452 e. The lowest BCUT2D eigenvalue weighted by Crippen LogP contribution is -2.05. The molecule has 0 saturated carbocycles. The maximum atomic E-state index is 11.1. The van der Waals surface area contributed by atoms with Gasteiger partial charge in [-0.3, -0.25) is 4.79 Å². The van der Waals surface area contributed by atoms with E-state index in [0.717, 1.165) is 25.7 Å². The lowest BCUT2D eigenvalue weighted by Gasteiger charge is -2.00. The zero-order valence-electron chi connectivity index (χ0n) is 9.58. The monoisotopic (exact) mass is 212 g/mol. The molecule has 0 amide bonds. The van der Waals surface area contributed by atoms with Gasteiger partial charge < -0.3 is 9.84 Å². The van der Waals surface area contributed by atoms with Gasteiger partial charge in [0, 0.05) is 6.42 Å². The lowest BCUT2D eigenvalue weighted by atomic mass is 10.2. The molecule has 86 valence electrons. The first-order valence-electron chi connectivity index (χ1n) is 5.49. The van der Waals surface area contributed by atoms with Crippen molar-refractivity contribution < 1.29 is 14.6 Å². The largest absolute Gasteiger partial charge is 0.452 e. The lowest BCUT2D eigenvalue weighted by molar-refractivity contribution is -0.142. The molecule has 0 aromatic heterocycles. The minimum atomic E-state index is -0.659. The van der Waals surface area contributed by atoms with E-state index in [1.807, 2.05) is 0 Å². The van der Waals surface area contributed by atoms with Crippen LogP contribution in [0, 0.1) is 11.8 Å². The first-order chi connectivity index (χ1) is 7.16. The smallest absolute Gasteiger partial charge is 0.306 e. The Morgan fingerprint density at radius 1 is 1.40 bits per heavy atom. The highest BCUT2D eigenvalue weighted by Crippen LogP contribution is 2.03. The Balaban J connectivity index is 3.39. The molecule has 0 fully saturated rings. The predicted octanol–water partition coefficient (Wildman–Crippen LogP) is 1.88. The molecule has 0 aromatic carbocycles. The van der Waals surface area contributed by atoms with E-state index in [9.17, 15) is 4.79 Å². The Labute approximate surface area is 91.8 Å². The second kappa shape index (κ2) is 9.54. The van der Waals surface area contributed by atoms with E-state index in [4.69, 9.17) is 9.84 Å². The van der Waals surface area contributed by atoms with Crippen LogP contribution in [0.3, 0.4) is 0 Å². The Bertz CT molecular complexity index is 223. The fourth-order valence-corrected chi connectivity index (χ4v) is 1.07. The summed E-state index contributed by atoms with van der Waals surface area (Å²) >= 11 is 0. The summed E-state index contributed by atoms with van der Waals surface area (Å²) in [5.41, 5.74) is 0. The maximum Gasteiger partial charge on any atom is 0.306 e. The molecule has 1 N–H and O–H groups in total. The molecular formula is C12H20O3. The maximum absolute atomic E-state index is 11.1. The SMILES string of the molecule is CCCCCCC(=O)OCC#CC(C)O. The standard InChI is InChI=1S/C12H20O3/c1-3-4-5-6-9-12(14)15-10-7-8-11(2)13/h11,13H,3-6,9-10H2,1-2H3. The van der Waals surface area contributed by atoms with Gasteiger partial charge in [-0.1, -0.05) is 38.0 Å². The van der Waals surface area contributed by atoms with Crippen molar-refractivity contribution in [1.82, 2.24) is 0 Å². The van der Waals surface area contributed by atoms with Gasteiger partial charge in [-0.15, -0.1) is 0 Å². The predicted molar refractivity (Wildman–Crippen MR) is 59.2 cm³/mol. The summed E-state index contributed by atoms with van der Waals surface area (Å²) in [5, 5.41) is 8.80. The van der Waals surface area contributed by atoms with E-state index in [0.29, 0.717) is 6.42 Å². The van der Waals surface area contributed by atoms with E-state index in [1.165, 1.54) is 0 Å². The molecule has 0 spiro atoms. The molecular weight excluding hydrogens is 192 g/mol. The topological polar surface area (TPSA) is 46.5 Å². The first kappa shape index (κ1) is 14.0. The van der Waals surface area contributed by atoms with Crippen molar-refractivity contribution in [3.8, 4) is 11.8 Å². The third-order valence-corrected chi connectivity index (χ3v) is 1.85. The number of ether oxygens (including phenoxy) is 1. The molecule has 0 bridgehead atoms. The number of hydrogen-bond acceptors (Lipinski definition) is 3. The molecule has 1 atom stereocenters. The fraction of sp³-hybridized carbons (Fsp3) is 0.750. The third-order valence-electron chi connectivity index (χ3n) is 1.85. The summed E-state index contributed by atoms with van der Waals surface area (Å²) in [4.78, 5) is 11.1. The molecule has 0 rings (SSSR count). The van der Waals surface area contributed by atoms with Crippen LogP contribution in [0.5, 0.6) is 0 Å². The summed E-state index contributed by atoms with van der Waals surface area (Å²) in [6.45, 7) is 3.78. The Kier molecular flexibility index (Phi) is 8.90. The summed E-state index contributed by atoms with van der Waals surface area (Å²) < 4.78 is 4.85. The fourth-order valence-electron chi connectivity index (χ4n) is 1.07. The molecule has 0 aromatic rings. The number of carbonyl (C=O) groups excluding carboxylic acids is 1. The van der Waals surface area contributed by atoms with Gasteiger partial charge in [0.05, 0.1) is 0 Å². The molecule has 0 aliphatic heterocycles. The van der Waals surface area contributed by atoms with Crippen molar-refractivity contribution >= 4 is 5.97 Å². The van der Waals surface area contributed by atoms with Crippen LogP contribution in [0.15, 0.2) is 0 Å². The molecule has 0 radical (unpaired) electrons. The second-order valence-corrected chi connectivity index (χ2v) is 3.47. The quantitative estimate of drug-likeness (QED) is 0.415. The summed E-state index contributed by atoms with van der Waals surface area (Å²) in [6.07, 6.45) is 4.09. The number of hydrogen-bond donors (Lipinski definition) is 1. The molecule has 0 saturated heterocycles. The number of rotatable bonds is 6. The number of aliphatic hydroxyl groups excluding tert-OH is 1. The van der Waals surface area contributed by atoms with Crippen LogP contribution in [-0.4, -0.2) is 23.8 Å². The Hall–Kier alpha value is -1.01. The molecule has 1 unspecified atom stereocenters. The van der Waals surface area contributed by atoms with Crippen molar-refractivity contribution in [2.75, 3.05) is 6.61 Å². The van der Waals surface area contributed by atoms with Crippen LogP contribution in [0.4, 0.5) is 0 Å². The van der Waals surface area contributed by atoms with Gasteiger partial charge in [0.15, 0.2) is 6.61 Å². The van der Waals surface area contributed by atoms with Crippen LogP contribution in [0.25, 0.3) is 0 Å². The van der Waals surface area contributed by atoms with Gasteiger partial charge in [-0.2, -0.15) is 0 Å². The van der Waals surface area contributed by atoms with Gasteiger partial charge in [-0.25, -0.2) is 0 Å². The number of carbonyl (C=O) groups is 1. The van der Waals surface area contributed by atoms with E-state index < -0.39 is 6.10 Å². The van der Waals surface area contributed by atoms with Crippen molar-refractivity contribution in [3.05, 3.63) is 0 Å². The van der Waals surface area contributed by atoms with Crippen molar-refractivity contribution in [1.29, 1.82) is 0 Å². The van der Waals surface area contributed by atoms with E-state index in [2.05, 4.69) is 18.8 Å². The molecule has 0 heterocycles. The molecule has 3 nitrogen and oxygen atoms in total. The van der Waals surface area contributed by atoms with Crippen molar-refractivity contribution in [3.63, 3.8) is 0 Å². The van der Waals surface area contributed by atoms with Gasteiger partial charge in [-0.05, 0) is 13.3 Å². The second-order valence-electron chi connectivity index (χ2n) is 3.47. The normalized spacial score (nSPS) is 11.4. The highest BCUT2D eigenvalue weighted by atomic mass is 16.5. The number of aliphatic hydroxyl groups is 1. The van der Waals surface area contributed by atoms with Gasteiger partial charge in [0.2, 0.25) is 0 Å². The summed E-state index contributed by atoms with van der Waals surface area (Å²) in [6, 6.07) is 0. The number of unbranched alkanes of at least 4 members (excludes halogenated alkanes) is 3. The molecule has 0 aliphatic rings. The molecule has 3 heteroatoms. The van der Waals surface area contributed by atoms with E-state index in [-0.39, 0.29) is 12.6 Å². The van der Waals surface area contributed by atoms with E-state index >= 15 is 0 Å². The van der Waals surface area contributed by atoms with Crippen LogP contribution in [-0.2, 0) is 9.53 Å². The van der Waals surface area contributed by atoms with Crippen LogP contribution >= 0.6 is 0 Å². The van der Waals surface area contributed by atoms with Crippen LogP contribution in [0.2, 0.25) is 0 Å². The van der Waals surface area contributed by atoms with Gasteiger partial charge in [0.1, 0.15) is 6.10 Å². The average molecular weight is 212 g/mol. The minimum absolute atomic E-state index is 0.0809. The molecule has 0 aliphatic carbocycles. The summed E-state index contributed by atoms with van der Waals surface area (Å²) in [7, 11) is 0. The highest BCUT2D eigenvalue weighted by Gasteiger charge is 2.00. The first-order valence-corrected chi connectivity index (χ1v) is 5.49. The number of esters is 1. The van der Waals surface area contributed by atoms with Crippen LogP contribution < -0.4 is 0 Å². The van der Waals surface area contributed by atoms with Gasteiger partial charge >= 0.3 is 5.97 Å². The van der Waals surface area contributed by atoms with E-state index in [1.54, 1.807) is 6.92 Å². The van der Waals surface area contributed by atoms with Crippen molar-refractivity contribution in [2.45, 2.75) is 52.1 Å². The zero-order chi connectivity index (χ0) is 11.5. The average Bonchev–Trinajstić information content (AvgIpc) is 2.19. The molecule has 15 heavy (non-hydrogen) atoms.